The lowest BCUT2D eigenvalue weighted by atomic mass is 9.62. The number of nitrogens with two attached hydrogens (primary N) is 1. The first-order valence-electron chi connectivity index (χ1n) is 11.7. The molecule has 0 aromatic carbocycles. The number of aromatic nitrogens is 1. The van der Waals surface area contributed by atoms with Crippen molar-refractivity contribution < 1.29 is 14.3 Å². The highest BCUT2D eigenvalue weighted by atomic mass is 16.5. The van der Waals surface area contributed by atoms with E-state index in [-0.39, 0.29) is 5.60 Å². The standard InChI is InChI=1S/C24H37N3O3/c1-4-20(13-21-9-8-16(2)30-21)27-14-18-6-5-7-19(15-27)24(18,29-3)17-10-11-26-22(12-17)23(25)28/h10-12,16,18-21H,4-9,13-15H2,1-3H3,(H2,25,28). The van der Waals surface area contributed by atoms with Gasteiger partial charge in [-0.05, 0) is 63.1 Å². The first-order chi connectivity index (χ1) is 14.5. The molecule has 1 aliphatic carbocycles. The number of fused-ring (bicyclic) bond motifs is 2. The van der Waals surface area contributed by atoms with Gasteiger partial charge in [0.25, 0.3) is 5.91 Å². The maximum Gasteiger partial charge on any atom is 0.267 e. The minimum atomic E-state index is -0.484. The molecular formula is C24H37N3O3. The van der Waals surface area contributed by atoms with Gasteiger partial charge >= 0.3 is 0 Å². The Morgan fingerprint density at radius 1 is 1.33 bits per heavy atom. The molecule has 6 heteroatoms. The van der Waals surface area contributed by atoms with Gasteiger partial charge in [-0.25, -0.2) is 0 Å². The van der Waals surface area contributed by atoms with Crippen molar-refractivity contribution in [3.63, 3.8) is 0 Å². The summed E-state index contributed by atoms with van der Waals surface area (Å²) in [4.78, 5) is 18.6. The SMILES string of the molecule is CCC(CC1CCC(C)O1)N1CC2CCCC(C1)C2(OC)c1ccnc(C(N)=O)c1. The lowest BCUT2D eigenvalue weighted by molar-refractivity contribution is -0.176. The summed E-state index contributed by atoms with van der Waals surface area (Å²) in [5.41, 5.74) is 6.54. The summed E-state index contributed by atoms with van der Waals surface area (Å²) in [6.45, 7) is 6.55. The number of methoxy groups -OCH3 is 1. The van der Waals surface area contributed by atoms with E-state index in [1.807, 2.05) is 19.2 Å². The number of hydrogen-bond acceptors (Lipinski definition) is 5. The number of likely N-dealkylation sites (tertiary alicyclic amines) is 1. The van der Waals surface area contributed by atoms with Gasteiger partial charge < -0.3 is 15.2 Å². The highest BCUT2D eigenvalue weighted by Gasteiger charge is 2.54. The molecule has 1 saturated carbocycles. The van der Waals surface area contributed by atoms with Gasteiger partial charge in [0.2, 0.25) is 0 Å². The summed E-state index contributed by atoms with van der Waals surface area (Å²) in [7, 11) is 1.83. The largest absolute Gasteiger partial charge is 0.375 e. The lowest BCUT2D eigenvalue weighted by Crippen LogP contribution is -2.61. The molecule has 30 heavy (non-hydrogen) atoms. The summed E-state index contributed by atoms with van der Waals surface area (Å²) in [6.07, 6.45) is 10.7. The highest BCUT2D eigenvalue weighted by molar-refractivity contribution is 5.90. The minimum absolute atomic E-state index is 0.323. The molecule has 2 saturated heterocycles. The maximum absolute atomic E-state index is 11.7. The fourth-order valence-corrected chi connectivity index (χ4v) is 6.43. The van der Waals surface area contributed by atoms with Gasteiger partial charge in [0.05, 0.1) is 12.2 Å². The van der Waals surface area contributed by atoms with Crippen LogP contribution in [0.5, 0.6) is 0 Å². The Morgan fingerprint density at radius 3 is 2.63 bits per heavy atom. The van der Waals surface area contributed by atoms with Crippen LogP contribution in [0, 0.1) is 11.8 Å². The molecule has 1 aromatic rings. The Kier molecular flexibility index (Phi) is 6.47. The van der Waals surface area contributed by atoms with Gasteiger partial charge in [-0.2, -0.15) is 0 Å². The fourth-order valence-electron chi connectivity index (χ4n) is 6.43. The molecule has 2 N–H and O–H groups in total. The predicted molar refractivity (Wildman–Crippen MR) is 116 cm³/mol. The molecular weight excluding hydrogens is 378 g/mol. The number of rotatable bonds is 7. The number of pyridine rings is 1. The van der Waals surface area contributed by atoms with Crippen LogP contribution in [0.3, 0.4) is 0 Å². The molecule has 1 amide bonds. The molecule has 0 spiro atoms. The van der Waals surface area contributed by atoms with E-state index in [1.54, 1.807) is 6.20 Å². The van der Waals surface area contributed by atoms with E-state index in [4.69, 9.17) is 15.2 Å². The molecule has 3 aliphatic rings. The van der Waals surface area contributed by atoms with Crippen molar-refractivity contribution in [1.82, 2.24) is 9.88 Å². The third kappa shape index (κ3) is 3.90. The molecule has 0 radical (unpaired) electrons. The predicted octanol–water partition coefficient (Wildman–Crippen LogP) is 3.49. The number of carbonyl (C=O) groups is 1. The molecule has 166 valence electrons. The van der Waals surface area contributed by atoms with Crippen LogP contribution in [0.4, 0.5) is 0 Å². The molecule has 3 heterocycles. The molecule has 4 rings (SSSR count). The van der Waals surface area contributed by atoms with Gasteiger partial charge in [-0.1, -0.05) is 13.3 Å². The van der Waals surface area contributed by atoms with Crippen molar-refractivity contribution in [3.05, 3.63) is 29.6 Å². The molecule has 5 unspecified atom stereocenters. The summed E-state index contributed by atoms with van der Waals surface area (Å²) in [6, 6.07) is 4.43. The van der Waals surface area contributed by atoms with Crippen molar-refractivity contribution in [3.8, 4) is 0 Å². The summed E-state index contributed by atoms with van der Waals surface area (Å²) < 4.78 is 12.5. The molecule has 2 aliphatic heterocycles. The normalized spacial score (nSPS) is 35.3. The zero-order chi connectivity index (χ0) is 21.3. The van der Waals surface area contributed by atoms with Gasteiger partial charge in [0.15, 0.2) is 0 Å². The summed E-state index contributed by atoms with van der Waals surface area (Å²) >= 11 is 0. The van der Waals surface area contributed by atoms with Gasteiger partial charge in [-0.3, -0.25) is 14.7 Å². The zero-order valence-corrected chi connectivity index (χ0v) is 18.7. The second-order valence-corrected chi connectivity index (χ2v) is 9.51. The monoisotopic (exact) mass is 415 g/mol. The Bertz CT molecular complexity index is 741. The maximum atomic E-state index is 11.7. The van der Waals surface area contributed by atoms with E-state index in [1.165, 1.54) is 19.3 Å². The van der Waals surface area contributed by atoms with Crippen molar-refractivity contribution in [1.29, 1.82) is 0 Å². The number of nitrogens with zero attached hydrogens (tertiary/aromatic N) is 2. The van der Waals surface area contributed by atoms with Crippen LogP contribution in [0.15, 0.2) is 18.3 Å². The van der Waals surface area contributed by atoms with Crippen LogP contribution in [-0.4, -0.2) is 54.2 Å². The van der Waals surface area contributed by atoms with Crippen LogP contribution in [0.25, 0.3) is 0 Å². The number of piperidine rings is 1. The van der Waals surface area contributed by atoms with Crippen molar-refractivity contribution in [2.45, 2.75) is 82.6 Å². The molecule has 5 atom stereocenters. The number of amides is 1. The summed E-state index contributed by atoms with van der Waals surface area (Å²) in [5.74, 6) is 0.314. The van der Waals surface area contributed by atoms with Crippen molar-refractivity contribution >= 4 is 5.91 Å². The van der Waals surface area contributed by atoms with Crippen LogP contribution in [0.1, 0.15) is 74.8 Å². The molecule has 6 nitrogen and oxygen atoms in total. The second kappa shape index (κ2) is 8.93. The summed E-state index contributed by atoms with van der Waals surface area (Å²) in [5, 5.41) is 0. The quantitative estimate of drug-likeness (QED) is 0.738. The Hall–Kier alpha value is -1.50. The number of ether oxygens (including phenoxy) is 2. The smallest absolute Gasteiger partial charge is 0.267 e. The third-order valence-electron chi connectivity index (χ3n) is 7.87. The first-order valence-corrected chi connectivity index (χ1v) is 11.7. The van der Waals surface area contributed by atoms with Gasteiger partial charge in [0, 0.05) is 44.3 Å². The average molecular weight is 416 g/mol. The first kappa shape index (κ1) is 21.7. The topological polar surface area (TPSA) is 77.7 Å². The molecule has 3 fully saturated rings. The van der Waals surface area contributed by atoms with Crippen LogP contribution in [0.2, 0.25) is 0 Å². The van der Waals surface area contributed by atoms with Gasteiger partial charge in [-0.15, -0.1) is 0 Å². The van der Waals surface area contributed by atoms with Crippen LogP contribution >= 0.6 is 0 Å². The van der Waals surface area contributed by atoms with Crippen LogP contribution in [-0.2, 0) is 15.1 Å². The Balaban J connectivity index is 1.57. The number of hydrogen-bond donors (Lipinski definition) is 1. The van der Waals surface area contributed by atoms with E-state index in [2.05, 4.69) is 23.7 Å². The highest BCUT2D eigenvalue weighted by Crippen LogP contribution is 2.52. The van der Waals surface area contributed by atoms with E-state index in [0.29, 0.717) is 35.8 Å². The number of carbonyl (C=O) groups excluding carboxylic acids is 1. The van der Waals surface area contributed by atoms with E-state index in [9.17, 15) is 4.79 Å². The van der Waals surface area contributed by atoms with Gasteiger partial charge in [0.1, 0.15) is 11.3 Å². The third-order valence-corrected chi connectivity index (χ3v) is 7.87. The van der Waals surface area contributed by atoms with E-state index < -0.39 is 5.91 Å². The zero-order valence-electron chi connectivity index (χ0n) is 18.7. The number of primary amides is 1. The Labute approximate surface area is 180 Å². The van der Waals surface area contributed by atoms with Crippen molar-refractivity contribution in [2.75, 3.05) is 20.2 Å². The fraction of sp³-hybridized carbons (Fsp3) is 0.750. The van der Waals surface area contributed by atoms with Crippen LogP contribution < -0.4 is 5.73 Å². The Morgan fingerprint density at radius 2 is 2.07 bits per heavy atom. The second-order valence-electron chi connectivity index (χ2n) is 9.51. The van der Waals surface area contributed by atoms with Crippen molar-refractivity contribution in [2.24, 2.45) is 17.6 Å². The van der Waals surface area contributed by atoms with E-state index in [0.717, 1.165) is 44.3 Å². The minimum Gasteiger partial charge on any atom is -0.375 e. The molecule has 1 aromatic heterocycles. The van der Waals surface area contributed by atoms with E-state index >= 15 is 0 Å². The lowest BCUT2D eigenvalue weighted by Gasteiger charge is -2.56. The molecule has 2 bridgehead atoms. The average Bonchev–Trinajstić information content (AvgIpc) is 3.15.